The SMILES string of the molecule is C.C.CCC(C)c1ccc(C2(O)CCCCC2)cc1. The molecule has 1 aliphatic carbocycles. The van der Waals surface area contributed by atoms with E-state index >= 15 is 0 Å². The van der Waals surface area contributed by atoms with E-state index in [1.807, 2.05) is 0 Å². The molecule has 1 aromatic carbocycles. The minimum absolute atomic E-state index is 0. The van der Waals surface area contributed by atoms with Crippen molar-refractivity contribution in [2.75, 3.05) is 0 Å². The van der Waals surface area contributed by atoms with Crippen LogP contribution < -0.4 is 0 Å². The van der Waals surface area contributed by atoms with Crippen molar-refractivity contribution in [3.05, 3.63) is 35.4 Å². The molecule has 1 saturated carbocycles. The Morgan fingerprint density at radius 3 is 2.05 bits per heavy atom. The maximum Gasteiger partial charge on any atom is 0.0896 e. The molecule has 1 fully saturated rings. The molecular weight excluding hydrogens is 232 g/mol. The molecule has 0 spiro atoms. The van der Waals surface area contributed by atoms with E-state index in [9.17, 15) is 5.11 Å². The first-order valence-electron chi connectivity index (χ1n) is 6.98. The Labute approximate surface area is 120 Å². The van der Waals surface area contributed by atoms with Crippen molar-refractivity contribution in [1.29, 1.82) is 0 Å². The lowest BCUT2D eigenvalue weighted by Gasteiger charge is -2.32. The molecule has 2 rings (SSSR count). The second-order valence-electron chi connectivity index (χ2n) is 5.52. The largest absolute Gasteiger partial charge is 0.385 e. The third kappa shape index (κ3) is 4.07. The topological polar surface area (TPSA) is 20.2 Å². The number of benzene rings is 1. The van der Waals surface area contributed by atoms with Gasteiger partial charge in [-0.2, -0.15) is 0 Å². The Bertz CT molecular complexity index is 346. The van der Waals surface area contributed by atoms with Gasteiger partial charge in [-0.25, -0.2) is 0 Å². The van der Waals surface area contributed by atoms with Crippen LogP contribution in [0.2, 0.25) is 0 Å². The van der Waals surface area contributed by atoms with Crippen LogP contribution in [-0.2, 0) is 5.60 Å². The van der Waals surface area contributed by atoms with Gasteiger partial charge < -0.3 is 5.11 Å². The van der Waals surface area contributed by atoms with Crippen LogP contribution in [0.15, 0.2) is 24.3 Å². The van der Waals surface area contributed by atoms with Crippen LogP contribution in [0.3, 0.4) is 0 Å². The van der Waals surface area contributed by atoms with E-state index in [0.717, 1.165) is 31.2 Å². The first-order chi connectivity index (χ1) is 8.15. The molecule has 19 heavy (non-hydrogen) atoms. The van der Waals surface area contributed by atoms with Gasteiger partial charge in [0.05, 0.1) is 5.60 Å². The summed E-state index contributed by atoms with van der Waals surface area (Å²) in [7, 11) is 0. The van der Waals surface area contributed by atoms with Crippen LogP contribution in [-0.4, -0.2) is 5.11 Å². The second-order valence-corrected chi connectivity index (χ2v) is 5.52. The van der Waals surface area contributed by atoms with Crippen LogP contribution >= 0.6 is 0 Å². The molecule has 1 atom stereocenters. The summed E-state index contributed by atoms with van der Waals surface area (Å²) >= 11 is 0. The maximum absolute atomic E-state index is 10.6. The third-order valence-electron chi connectivity index (χ3n) is 4.31. The minimum Gasteiger partial charge on any atom is -0.385 e. The molecule has 1 unspecified atom stereocenters. The van der Waals surface area contributed by atoms with Gasteiger partial charge in [0.25, 0.3) is 0 Å². The Balaban J connectivity index is 0.00000162. The predicted molar refractivity (Wildman–Crippen MR) is 85.6 cm³/mol. The first kappa shape index (κ1) is 18.2. The second kappa shape index (κ2) is 7.69. The van der Waals surface area contributed by atoms with Gasteiger partial charge in [-0.3, -0.25) is 0 Å². The summed E-state index contributed by atoms with van der Waals surface area (Å²) in [6.07, 6.45) is 6.61. The molecule has 0 bridgehead atoms. The van der Waals surface area contributed by atoms with Crippen molar-refractivity contribution >= 4 is 0 Å². The molecule has 1 N–H and O–H groups in total. The van der Waals surface area contributed by atoms with Gasteiger partial charge in [0.1, 0.15) is 0 Å². The van der Waals surface area contributed by atoms with Gasteiger partial charge in [0, 0.05) is 0 Å². The lowest BCUT2D eigenvalue weighted by Crippen LogP contribution is -2.28. The van der Waals surface area contributed by atoms with E-state index in [2.05, 4.69) is 38.1 Å². The predicted octanol–water partition coefficient (Wildman–Crippen LogP) is 5.62. The van der Waals surface area contributed by atoms with Crippen LogP contribution in [0.4, 0.5) is 0 Å². The fourth-order valence-electron chi connectivity index (χ4n) is 2.78. The lowest BCUT2D eigenvalue weighted by atomic mass is 9.79. The zero-order chi connectivity index (χ0) is 12.3. The van der Waals surface area contributed by atoms with Gasteiger partial charge in [-0.1, -0.05) is 72.2 Å². The number of hydrogen-bond donors (Lipinski definition) is 1. The fraction of sp³-hybridized carbons (Fsp3) is 0.667. The van der Waals surface area contributed by atoms with Gasteiger partial charge >= 0.3 is 0 Å². The molecule has 110 valence electrons. The monoisotopic (exact) mass is 264 g/mol. The molecule has 0 heterocycles. The normalized spacial score (nSPS) is 18.9. The summed E-state index contributed by atoms with van der Waals surface area (Å²) in [5, 5.41) is 10.6. The molecule has 1 aliphatic rings. The standard InChI is InChI=1S/C16H24O.2CH4/c1-3-13(2)14-7-9-15(10-8-14)16(17)11-5-4-6-12-16;;/h7-10,13,17H,3-6,11-12H2,1-2H3;2*1H4. The van der Waals surface area contributed by atoms with E-state index in [1.165, 1.54) is 18.4 Å². The Morgan fingerprint density at radius 2 is 1.58 bits per heavy atom. The molecule has 0 aliphatic heterocycles. The summed E-state index contributed by atoms with van der Waals surface area (Å²) < 4.78 is 0. The molecule has 1 nitrogen and oxygen atoms in total. The summed E-state index contributed by atoms with van der Waals surface area (Å²) in [6.45, 7) is 4.47. The van der Waals surface area contributed by atoms with E-state index in [4.69, 9.17) is 0 Å². The maximum atomic E-state index is 10.6. The van der Waals surface area contributed by atoms with Crippen molar-refractivity contribution in [2.24, 2.45) is 0 Å². The first-order valence-corrected chi connectivity index (χ1v) is 6.98. The summed E-state index contributed by atoms with van der Waals surface area (Å²) in [5.74, 6) is 0.616. The quantitative estimate of drug-likeness (QED) is 0.750. The van der Waals surface area contributed by atoms with Crippen molar-refractivity contribution in [1.82, 2.24) is 0 Å². The number of hydrogen-bond acceptors (Lipinski definition) is 1. The van der Waals surface area contributed by atoms with Crippen molar-refractivity contribution < 1.29 is 5.11 Å². The van der Waals surface area contributed by atoms with Crippen LogP contribution in [0.5, 0.6) is 0 Å². The van der Waals surface area contributed by atoms with Gasteiger partial charge in [-0.15, -0.1) is 0 Å². The lowest BCUT2D eigenvalue weighted by molar-refractivity contribution is -0.000641. The minimum atomic E-state index is -0.549. The molecular formula is C18H32O. The third-order valence-corrected chi connectivity index (χ3v) is 4.31. The van der Waals surface area contributed by atoms with Crippen LogP contribution in [0.1, 0.15) is 84.3 Å². The smallest absolute Gasteiger partial charge is 0.0896 e. The van der Waals surface area contributed by atoms with Crippen LogP contribution in [0, 0.1) is 0 Å². The molecule has 1 aromatic rings. The molecule has 0 radical (unpaired) electrons. The van der Waals surface area contributed by atoms with Gasteiger partial charge in [-0.05, 0) is 36.3 Å². The summed E-state index contributed by atoms with van der Waals surface area (Å²) in [5.41, 5.74) is 1.95. The van der Waals surface area contributed by atoms with Gasteiger partial charge in [0.15, 0.2) is 0 Å². The van der Waals surface area contributed by atoms with E-state index < -0.39 is 5.60 Å². The summed E-state index contributed by atoms with van der Waals surface area (Å²) in [4.78, 5) is 0. The van der Waals surface area contributed by atoms with Crippen molar-refractivity contribution in [3.63, 3.8) is 0 Å². The number of aliphatic hydroxyl groups is 1. The molecule has 0 aromatic heterocycles. The Hall–Kier alpha value is -0.820. The highest BCUT2D eigenvalue weighted by Crippen LogP contribution is 2.37. The highest BCUT2D eigenvalue weighted by molar-refractivity contribution is 5.29. The zero-order valence-electron chi connectivity index (χ0n) is 11.1. The molecule has 1 heteroatoms. The average Bonchev–Trinajstić information content (AvgIpc) is 2.39. The van der Waals surface area contributed by atoms with Gasteiger partial charge in [0.2, 0.25) is 0 Å². The van der Waals surface area contributed by atoms with Crippen LogP contribution in [0.25, 0.3) is 0 Å². The Morgan fingerprint density at radius 1 is 1.05 bits per heavy atom. The zero-order valence-corrected chi connectivity index (χ0v) is 11.1. The van der Waals surface area contributed by atoms with E-state index in [0.29, 0.717) is 5.92 Å². The van der Waals surface area contributed by atoms with Crippen molar-refractivity contribution in [2.45, 2.75) is 78.7 Å². The van der Waals surface area contributed by atoms with E-state index in [-0.39, 0.29) is 14.9 Å². The molecule has 0 saturated heterocycles. The fourth-order valence-corrected chi connectivity index (χ4v) is 2.78. The average molecular weight is 264 g/mol. The van der Waals surface area contributed by atoms with E-state index in [1.54, 1.807) is 0 Å². The number of rotatable bonds is 3. The highest BCUT2D eigenvalue weighted by atomic mass is 16.3. The van der Waals surface area contributed by atoms with Crippen molar-refractivity contribution in [3.8, 4) is 0 Å². The molecule has 0 amide bonds. The summed E-state index contributed by atoms with van der Waals surface area (Å²) in [6, 6.07) is 8.64. The highest BCUT2D eigenvalue weighted by Gasteiger charge is 2.30. The Kier molecular flexibility index (Phi) is 7.36.